The Balaban J connectivity index is 1.76. The van der Waals surface area contributed by atoms with Gasteiger partial charge in [0.05, 0.1) is 11.3 Å². The molecule has 2 heterocycles. The second-order valence-electron chi connectivity index (χ2n) is 6.75. The van der Waals surface area contributed by atoms with Gasteiger partial charge in [0.2, 0.25) is 11.8 Å². The zero-order valence-corrected chi connectivity index (χ0v) is 14.3. The monoisotopic (exact) mass is 363 g/mol. The van der Waals surface area contributed by atoms with Crippen molar-refractivity contribution in [3.8, 4) is 0 Å². The van der Waals surface area contributed by atoms with Crippen LogP contribution in [0.4, 0.5) is 10.1 Å². The summed E-state index contributed by atoms with van der Waals surface area (Å²) < 4.78 is 13.8. The SMILES string of the molecule is O=C1CCC(NC(=O)c2ccc(F)cc2N2CCC(CO)CC2)C(=O)N1. The van der Waals surface area contributed by atoms with E-state index in [1.54, 1.807) is 0 Å². The fourth-order valence-corrected chi connectivity index (χ4v) is 3.38. The minimum absolute atomic E-state index is 0.125. The molecule has 1 unspecified atom stereocenters. The van der Waals surface area contributed by atoms with Crippen molar-refractivity contribution in [2.75, 3.05) is 24.6 Å². The van der Waals surface area contributed by atoms with E-state index in [0.29, 0.717) is 24.3 Å². The number of carbonyl (C=O) groups excluding carboxylic acids is 3. The van der Waals surface area contributed by atoms with Gasteiger partial charge in [0.25, 0.3) is 5.91 Å². The van der Waals surface area contributed by atoms with E-state index in [0.717, 1.165) is 12.8 Å². The lowest BCUT2D eigenvalue weighted by Gasteiger charge is -2.34. The normalized spacial score (nSPS) is 21.5. The van der Waals surface area contributed by atoms with Crippen molar-refractivity contribution in [1.82, 2.24) is 10.6 Å². The molecule has 140 valence electrons. The van der Waals surface area contributed by atoms with E-state index >= 15 is 0 Å². The molecule has 1 aromatic carbocycles. The average Bonchev–Trinajstić information content (AvgIpc) is 2.64. The first-order valence-corrected chi connectivity index (χ1v) is 8.78. The van der Waals surface area contributed by atoms with Crippen LogP contribution < -0.4 is 15.5 Å². The molecule has 0 bridgehead atoms. The second kappa shape index (κ2) is 7.82. The maximum atomic E-state index is 13.8. The summed E-state index contributed by atoms with van der Waals surface area (Å²) in [6, 6.07) is 3.16. The fourth-order valence-electron chi connectivity index (χ4n) is 3.38. The van der Waals surface area contributed by atoms with Gasteiger partial charge < -0.3 is 15.3 Å². The number of imide groups is 1. The van der Waals surface area contributed by atoms with Gasteiger partial charge in [-0.3, -0.25) is 19.7 Å². The van der Waals surface area contributed by atoms with Crippen molar-refractivity contribution in [2.24, 2.45) is 5.92 Å². The van der Waals surface area contributed by atoms with Crippen molar-refractivity contribution in [3.05, 3.63) is 29.6 Å². The second-order valence-corrected chi connectivity index (χ2v) is 6.75. The molecule has 2 aliphatic heterocycles. The highest BCUT2D eigenvalue weighted by Gasteiger charge is 2.29. The highest BCUT2D eigenvalue weighted by atomic mass is 19.1. The number of rotatable bonds is 4. The molecule has 26 heavy (non-hydrogen) atoms. The van der Waals surface area contributed by atoms with E-state index in [9.17, 15) is 23.9 Å². The lowest BCUT2D eigenvalue weighted by molar-refractivity contribution is -0.134. The van der Waals surface area contributed by atoms with Gasteiger partial charge in [0.15, 0.2) is 0 Å². The molecule has 2 saturated heterocycles. The molecule has 2 fully saturated rings. The summed E-state index contributed by atoms with van der Waals surface area (Å²) in [4.78, 5) is 37.6. The molecule has 0 spiro atoms. The molecular weight excluding hydrogens is 341 g/mol. The first kappa shape index (κ1) is 18.3. The molecule has 3 N–H and O–H groups in total. The van der Waals surface area contributed by atoms with E-state index < -0.39 is 23.7 Å². The van der Waals surface area contributed by atoms with Crippen molar-refractivity contribution in [1.29, 1.82) is 0 Å². The van der Waals surface area contributed by atoms with Crippen LogP contribution in [0.3, 0.4) is 0 Å². The third-order valence-corrected chi connectivity index (χ3v) is 4.96. The third kappa shape index (κ3) is 4.01. The van der Waals surface area contributed by atoms with E-state index in [-0.39, 0.29) is 31.3 Å². The molecule has 1 atom stereocenters. The van der Waals surface area contributed by atoms with Gasteiger partial charge in [0, 0.05) is 26.1 Å². The Hall–Kier alpha value is -2.48. The Bertz CT molecular complexity index is 716. The third-order valence-electron chi connectivity index (χ3n) is 4.96. The van der Waals surface area contributed by atoms with E-state index in [4.69, 9.17) is 0 Å². The van der Waals surface area contributed by atoms with Crippen molar-refractivity contribution < 1.29 is 23.9 Å². The summed E-state index contributed by atoms with van der Waals surface area (Å²) in [5, 5.41) is 14.1. The van der Waals surface area contributed by atoms with E-state index in [1.807, 2.05) is 4.90 Å². The quantitative estimate of drug-likeness (QED) is 0.680. The predicted molar refractivity (Wildman–Crippen MR) is 92.1 cm³/mol. The van der Waals surface area contributed by atoms with Gasteiger partial charge >= 0.3 is 0 Å². The number of carbonyl (C=O) groups is 3. The summed E-state index contributed by atoms with van der Waals surface area (Å²) in [6.45, 7) is 1.36. The molecule has 0 aliphatic carbocycles. The number of amides is 3. The highest BCUT2D eigenvalue weighted by molar-refractivity contribution is 6.05. The number of nitrogens with one attached hydrogen (secondary N) is 2. The molecule has 0 radical (unpaired) electrons. The number of aliphatic hydroxyl groups is 1. The predicted octanol–water partition coefficient (Wildman–Crippen LogP) is 0.569. The number of hydrogen-bond donors (Lipinski definition) is 3. The number of piperidine rings is 2. The standard InChI is InChI=1S/C18H22FN3O4/c19-12-1-2-13(15(9-12)22-7-5-11(10-23)6-8-22)17(25)20-14-3-4-16(24)21-18(14)26/h1-2,9,11,14,23H,3-8,10H2,(H,20,25)(H,21,24,26). The maximum absolute atomic E-state index is 13.8. The summed E-state index contributed by atoms with van der Waals surface area (Å²) in [5.41, 5.74) is 0.768. The van der Waals surface area contributed by atoms with Crippen LogP contribution in [0, 0.1) is 11.7 Å². The molecule has 8 heteroatoms. The molecule has 7 nitrogen and oxygen atoms in total. The van der Waals surface area contributed by atoms with Gasteiger partial charge in [-0.15, -0.1) is 0 Å². The summed E-state index contributed by atoms with van der Waals surface area (Å²) >= 11 is 0. The first-order valence-electron chi connectivity index (χ1n) is 8.78. The van der Waals surface area contributed by atoms with Gasteiger partial charge in [0.1, 0.15) is 11.9 Å². The average molecular weight is 363 g/mol. The maximum Gasteiger partial charge on any atom is 0.254 e. The summed E-state index contributed by atoms with van der Waals surface area (Å²) in [7, 11) is 0. The minimum Gasteiger partial charge on any atom is -0.396 e. The largest absolute Gasteiger partial charge is 0.396 e. The van der Waals surface area contributed by atoms with Gasteiger partial charge in [-0.25, -0.2) is 4.39 Å². The highest BCUT2D eigenvalue weighted by Crippen LogP contribution is 2.27. The number of anilines is 1. The topological polar surface area (TPSA) is 98.7 Å². The van der Waals surface area contributed by atoms with Crippen LogP contribution >= 0.6 is 0 Å². The molecule has 2 aliphatic rings. The zero-order chi connectivity index (χ0) is 18.7. The van der Waals surface area contributed by atoms with Crippen LogP contribution in [-0.2, 0) is 9.59 Å². The number of halogens is 1. The molecule has 3 rings (SSSR count). The summed E-state index contributed by atoms with van der Waals surface area (Å²) in [5.74, 6) is -1.57. The fraction of sp³-hybridized carbons (Fsp3) is 0.500. The molecule has 3 amide bonds. The van der Waals surface area contributed by atoms with Crippen LogP contribution in [0.25, 0.3) is 0 Å². The van der Waals surface area contributed by atoms with Crippen molar-refractivity contribution in [2.45, 2.75) is 31.7 Å². The van der Waals surface area contributed by atoms with Crippen LogP contribution in [0.2, 0.25) is 0 Å². The zero-order valence-electron chi connectivity index (χ0n) is 14.3. The summed E-state index contributed by atoms with van der Waals surface area (Å²) in [6.07, 6.45) is 1.94. The van der Waals surface area contributed by atoms with Gasteiger partial charge in [-0.2, -0.15) is 0 Å². The molecule has 0 aromatic heterocycles. The van der Waals surface area contributed by atoms with Crippen molar-refractivity contribution in [3.63, 3.8) is 0 Å². The minimum atomic E-state index is -0.779. The van der Waals surface area contributed by atoms with Crippen LogP contribution in [-0.4, -0.2) is 48.6 Å². The van der Waals surface area contributed by atoms with Crippen LogP contribution in [0.5, 0.6) is 0 Å². The molecule has 0 saturated carbocycles. The van der Waals surface area contributed by atoms with E-state index in [1.165, 1.54) is 18.2 Å². The van der Waals surface area contributed by atoms with E-state index in [2.05, 4.69) is 10.6 Å². The number of benzene rings is 1. The number of hydrogen-bond acceptors (Lipinski definition) is 5. The lowest BCUT2D eigenvalue weighted by Crippen LogP contribution is -2.52. The van der Waals surface area contributed by atoms with Crippen LogP contribution in [0.1, 0.15) is 36.0 Å². The Labute approximate surface area is 150 Å². The van der Waals surface area contributed by atoms with Gasteiger partial charge in [-0.1, -0.05) is 0 Å². The first-order chi connectivity index (χ1) is 12.5. The molecular formula is C18H22FN3O4. The number of nitrogens with zero attached hydrogens (tertiary/aromatic N) is 1. The Morgan fingerprint density at radius 2 is 2.00 bits per heavy atom. The number of aliphatic hydroxyl groups excluding tert-OH is 1. The lowest BCUT2D eigenvalue weighted by atomic mass is 9.96. The molecule has 1 aromatic rings. The smallest absolute Gasteiger partial charge is 0.254 e. The Kier molecular flexibility index (Phi) is 5.51. The van der Waals surface area contributed by atoms with Crippen molar-refractivity contribution >= 4 is 23.4 Å². The van der Waals surface area contributed by atoms with Gasteiger partial charge in [-0.05, 0) is 43.4 Å². The Morgan fingerprint density at radius 3 is 2.65 bits per heavy atom. The van der Waals surface area contributed by atoms with Crippen LogP contribution in [0.15, 0.2) is 18.2 Å². The Morgan fingerprint density at radius 1 is 1.27 bits per heavy atom.